The standard InChI is InChI=1S/C18H19N3O2S/c1-11-16(24-12(2)19-11)18(22)21-9-5-6-13(10-21)17-20-14-7-3-4-8-15(14)23-17/h3-4,7-8,13H,5-6,9-10H2,1-2H3/t13-/m1/s1. The summed E-state index contributed by atoms with van der Waals surface area (Å²) in [6, 6.07) is 7.79. The average Bonchev–Trinajstić information content (AvgIpc) is 3.17. The van der Waals surface area contributed by atoms with Gasteiger partial charge >= 0.3 is 0 Å². The van der Waals surface area contributed by atoms with Gasteiger partial charge in [-0.15, -0.1) is 11.3 Å². The van der Waals surface area contributed by atoms with E-state index in [1.165, 1.54) is 11.3 Å². The summed E-state index contributed by atoms with van der Waals surface area (Å²) in [5.74, 6) is 0.981. The van der Waals surface area contributed by atoms with Crippen LogP contribution in [0.5, 0.6) is 0 Å². The zero-order valence-electron chi connectivity index (χ0n) is 13.8. The smallest absolute Gasteiger partial charge is 0.265 e. The highest BCUT2D eigenvalue weighted by atomic mass is 32.1. The fourth-order valence-electron chi connectivity index (χ4n) is 3.30. The Balaban J connectivity index is 1.57. The zero-order valence-corrected chi connectivity index (χ0v) is 14.6. The minimum absolute atomic E-state index is 0.0823. The van der Waals surface area contributed by atoms with Crippen LogP contribution in [0.15, 0.2) is 28.7 Å². The van der Waals surface area contributed by atoms with Gasteiger partial charge in [-0.3, -0.25) is 4.79 Å². The molecule has 1 atom stereocenters. The molecule has 0 radical (unpaired) electrons. The van der Waals surface area contributed by atoms with Crippen LogP contribution in [-0.2, 0) is 0 Å². The van der Waals surface area contributed by atoms with E-state index >= 15 is 0 Å². The van der Waals surface area contributed by atoms with Crippen molar-refractivity contribution in [1.29, 1.82) is 0 Å². The number of amides is 1. The maximum atomic E-state index is 12.8. The van der Waals surface area contributed by atoms with Gasteiger partial charge in [0, 0.05) is 13.1 Å². The molecule has 1 aliphatic rings. The maximum Gasteiger partial charge on any atom is 0.265 e. The third-order valence-electron chi connectivity index (χ3n) is 4.47. The van der Waals surface area contributed by atoms with Gasteiger partial charge < -0.3 is 9.32 Å². The molecule has 4 rings (SSSR count). The molecule has 0 aliphatic carbocycles. The number of carbonyl (C=O) groups is 1. The van der Waals surface area contributed by atoms with Gasteiger partial charge in [0.1, 0.15) is 10.4 Å². The van der Waals surface area contributed by atoms with E-state index in [1.54, 1.807) is 0 Å². The van der Waals surface area contributed by atoms with Crippen molar-refractivity contribution in [2.24, 2.45) is 0 Å². The van der Waals surface area contributed by atoms with E-state index in [2.05, 4.69) is 9.97 Å². The van der Waals surface area contributed by atoms with Crippen molar-refractivity contribution in [3.8, 4) is 0 Å². The number of fused-ring (bicyclic) bond motifs is 1. The SMILES string of the molecule is Cc1nc(C)c(C(=O)N2CCC[C@@H](c3nc4ccccc4o3)C2)s1. The summed E-state index contributed by atoms with van der Waals surface area (Å²) in [5, 5.41) is 0.934. The number of para-hydroxylation sites is 2. The molecule has 1 aliphatic heterocycles. The van der Waals surface area contributed by atoms with Crippen molar-refractivity contribution in [2.75, 3.05) is 13.1 Å². The van der Waals surface area contributed by atoms with Gasteiger partial charge in [-0.25, -0.2) is 9.97 Å². The van der Waals surface area contributed by atoms with E-state index in [0.717, 1.165) is 52.0 Å². The molecule has 6 heteroatoms. The Labute approximate surface area is 144 Å². The predicted molar refractivity (Wildman–Crippen MR) is 93.5 cm³/mol. The first-order valence-electron chi connectivity index (χ1n) is 8.20. The normalized spacial score (nSPS) is 18.2. The molecule has 0 unspecified atom stereocenters. The molecule has 1 aromatic carbocycles. The number of oxazole rings is 1. The summed E-state index contributed by atoms with van der Waals surface area (Å²) in [7, 11) is 0. The van der Waals surface area contributed by atoms with Gasteiger partial charge in [-0.2, -0.15) is 0 Å². The highest BCUT2D eigenvalue weighted by molar-refractivity contribution is 7.13. The minimum atomic E-state index is 0.0823. The molecule has 1 fully saturated rings. The molecule has 0 saturated carbocycles. The summed E-state index contributed by atoms with van der Waals surface area (Å²) in [5.41, 5.74) is 2.52. The monoisotopic (exact) mass is 341 g/mol. The summed E-state index contributed by atoms with van der Waals surface area (Å²) in [6.45, 7) is 5.28. The number of hydrogen-bond acceptors (Lipinski definition) is 5. The van der Waals surface area contributed by atoms with Crippen molar-refractivity contribution >= 4 is 28.3 Å². The molecule has 2 aromatic heterocycles. The Hall–Kier alpha value is -2.21. The number of hydrogen-bond donors (Lipinski definition) is 0. The Morgan fingerprint density at radius 2 is 2.12 bits per heavy atom. The fourth-order valence-corrected chi connectivity index (χ4v) is 4.19. The zero-order chi connectivity index (χ0) is 16.7. The summed E-state index contributed by atoms with van der Waals surface area (Å²) >= 11 is 1.48. The molecule has 0 spiro atoms. The molecule has 1 amide bonds. The molecule has 5 nitrogen and oxygen atoms in total. The second-order valence-electron chi connectivity index (χ2n) is 6.26. The lowest BCUT2D eigenvalue weighted by molar-refractivity contribution is 0.0703. The molecular formula is C18H19N3O2S. The summed E-state index contributed by atoms with van der Waals surface area (Å²) in [4.78, 5) is 24.5. The number of aryl methyl sites for hydroxylation is 2. The van der Waals surface area contributed by atoms with Crippen LogP contribution in [0.25, 0.3) is 11.1 Å². The first-order valence-corrected chi connectivity index (χ1v) is 9.02. The number of nitrogens with zero attached hydrogens (tertiary/aromatic N) is 3. The van der Waals surface area contributed by atoms with Crippen molar-refractivity contribution in [3.63, 3.8) is 0 Å². The first-order chi connectivity index (χ1) is 11.6. The minimum Gasteiger partial charge on any atom is -0.440 e. The van der Waals surface area contributed by atoms with E-state index in [1.807, 2.05) is 43.0 Å². The number of likely N-dealkylation sites (tertiary alicyclic amines) is 1. The Bertz CT molecular complexity index is 866. The summed E-state index contributed by atoms with van der Waals surface area (Å²) in [6.07, 6.45) is 1.96. The van der Waals surface area contributed by atoms with Crippen molar-refractivity contribution in [2.45, 2.75) is 32.6 Å². The molecule has 124 valence electrons. The van der Waals surface area contributed by atoms with E-state index in [-0.39, 0.29) is 11.8 Å². The number of piperidine rings is 1. The Morgan fingerprint density at radius 1 is 1.29 bits per heavy atom. The number of aromatic nitrogens is 2. The molecule has 0 bridgehead atoms. The van der Waals surface area contributed by atoms with Crippen LogP contribution in [0.1, 0.15) is 45.0 Å². The molecule has 1 saturated heterocycles. The van der Waals surface area contributed by atoms with Crippen LogP contribution in [0.2, 0.25) is 0 Å². The Morgan fingerprint density at radius 3 is 2.88 bits per heavy atom. The lowest BCUT2D eigenvalue weighted by atomic mass is 9.98. The number of carbonyl (C=O) groups excluding carboxylic acids is 1. The van der Waals surface area contributed by atoms with Gasteiger partial charge in [-0.05, 0) is 38.8 Å². The number of thiazole rings is 1. The first kappa shape index (κ1) is 15.3. The van der Waals surface area contributed by atoms with Crippen LogP contribution in [0.3, 0.4) is 0 Å². The largest absolute Gasteiger partial charge is 0.440 e. The molecule has 0 N–H and O–H groups in total. The average molecular weight is 341 g/mol. The number of benzene rings is 1. The van der Waals surface area contributed by atoms with E-state index < -0.39 is 0 Å². The molecule has 24 heavy (non-hydrogen) atoms. The lowest BCUT2D eigenvalue weighted by Crippen LogP contribution is -2.39. The van der Waals surface area contributed by atoms with E-state index in [4.69, 9.17) is 4.42 Å². The second kappa shape index (κ2) is 6.02. The molecular weight excluding hydrogens is 322 g/mol. The predicted octanol–water partition coefficient (Wildman–Crippen LogP) is 3.92. The van der Waals surface area contributed by atoms with Crippen molar-refractivity contribution < 1.29 is 9.21 Å². The van der Waals surface area contributed by atoms with Crippen LogP contribution >= 0.6 is 11.3 Å². The van der Waals surface area contributed by atoms with Crippen LogP contribution < -0.4 is 0 Å². The van der Waals surface area contributed by atoms with Gasteiger partial charge in [0.2, 0.25) is 0 Å². The van der Waals surface area contributed by atoms with E-state index in [0.29, 0.717) is 6.54 Å². The molecule has 3 heterocycles. The topological polar surface area (TPSA) is 59.2 Å². The third-order valence-corrected chi connectivity index (χ3v) is 5.53. The third kappa shape index (κ3) is 2.71. The van der Waals surface area contributed by atoms with Crippen LogP contribution in [0, 0.1) is 13.8 Å². The fraction of sp³-hybridized carbons (Fsp3) is 0.389. The highest BCUT2D eigenvalue weighted by Gasteiger charge is 2.30. The van der Waals surface area contributed by atoms with Gasteiger partial charge in [-0.1, -0.05) is 12.1 Å². The molecule has 3 aromatic rings. The quantitative estimate of drug-likeness (QED) is 0.709. The second-order valence-corrected chi connectivity index (χ2v) is 7.46. The van der Waals surface area contributed by atoms with E-state index in [9.17, 15) is 4.79 Å². The van der Waals surface area contributed by atoms with Crippen molar-refractivity contribution in [3.05, 3.63) is 45.7 Å². The van der Waals surface area contributed by atoms with Gasteiger partial charge in [0.05, 0.1) is 16.6 Å². The van der Waals surface area contributed by atoms with Gasteiger partial charge in [0.25, 0.3) is 5.91 Å². The van der Waals surface area contributed by atoms with Crippen LogP contribution in [-0.4, -0.2) is 33.9 Å². The highest BCUT2D eigenvalue weighted by Crippen LogP contribution is 2.30. The van der Waals surface area contributed by atoms with Crippen LogP contribution in [0.4, 0.5) is 0 Å². The van der Waals surface area contributed by atoms with Gasteiger partial charge in [0.15, 0.2) is 11.5 Å². The lowest BCUT2D eigenvalue weighted by Gasteiger charge is -2.31. The van der Waals surface area contributed by atoms with Crippen molar-refractivity contribution in [1.82, 2.24) is 14.9 Å². The Kier molecular flexibility index (Phi) is 3.84. The number of rotatable bonds is 2. The summed E-state index contributed by atoms with van der Waals surface area (Å²) < 4.78 is 5.91. The maximum absolute atomic E-state index is 12.8.